The van der Waals surface area contributed by atoms with E-state index >= 15 is 0 Å². The summed E-state index contributed by atoms with van der Waals surface area (Å²) in [5.41, 5.74) is 0.789. The van der Waals surface area contributed by atoms with Gasteiger partial charge in [0.25, 0.3) is 0 Å². The van der Waals surface area contributed by atoms with Gasteiger partial charge in [0, 0.05) is 12.6 Å². The molecule has 38 heavy (non-hydrogen) atoms. The van der Waals surface area contributed by atoms with Gasteiger partial charge in [-0.3, -0.25) is 9.69 Å². The summed E-state index contributed by atoms with van der Waals surface area (Å²) in [6.45, 7) is 10.9. The molecule has 2 aromatic rings. The minimum Gasteiger partial charge on any atom is -0.491 e. The highest BCUT2D eigenvalue weighted by Gasteiger charge is 2.38. The van der Waals surface area contributed by atoms with E-state index in [0.717, 1.165) is 11.1 Å². The maximum atomic E-state index is 13.0. The van der Waals surface area contributed by atoms with Gasteiger partial charge < -0.3 is 24.8 Å². The van der Waals surface area contributed by atoms with Crippen LogP contribution in [-0.4, -0.2) is 66.0 Å². The number of carbonyl (C=O) groups is 3. The number of ether oxygens (including phenoxy) is 3. The van der Waals surface area contributed by atoms with Crippen LogP contribution >= 0.6 is 0 Å². The van der Waals surface area contributed by atoms with E-state index in [1.54, 1.807) is 25.7 Å². The highest BCUT2D eigenvalue weighted by atomic mass is 16.6. The van der Waals surface area contributed by atoms with Crippen LogP contribution in [0.3, 0.4) is 0 Å². The van der Waals surface area contributed by atoms with Crippen molar-refractivity contribution in [1.82, 2.24) is 15.5 Å². The molecular weight excluding hydrogens is 486 g/mol. The van der Waals surface area contributed by atoms with Crippen molar-refractivity contribution in [2.45, 2.75) is 71.2 Å². The van der Waals surface area contributed by atoms with E-state index < -0.39 is 23.4 Å². The summed E-state index contributed by atoms with van der Waals surface area (Å²) in [6.07, 6.45) is -0.651. The quantitative estimate of drug-likeness (QED) is 0.540. The van der Waals surface area contributed by atoms with Gasteiger partial charge in [-0.2, -0.15) is 0 Å². The van der Waals surface area contributed by atoms with E-state index in [-0.39, 0.29) is 37.7 Å². The molecule has 2 atom stereocenters. The maximum Gasteiger partial charge on any atom is 0.410 e. The van der Waals surface area contributed by atoms with Gasteiger partial charge in [0.2, 0.25) is 5.91 Å². The molecule has 1 saturated heterocycles. The predicted molar refractivity (Wildman–Crippen MR) is 145 cm³/mol. The predicted octanol–water partition coefficient (Wildman–Crippen LogP) is 4.75. The fourth-order valence-electron chi connectivity index (χ4n) is 4.06. The van der Waals surface area contributed by atoms with Gasteiger partial charge in [-0.05, 0) is 71.2 Å². The third-order valence-corrected chi connectivity index (χ3v) is 5.58. The minimum absolute atomic E-state index is 0.231. The molecule has 0 aliphatic carbocycles. The van der Waals surface area contributed by atoms with Gasteiger partial charge in [-0.25, -0.2) is 9.59 Å². The maximum absolute atomic E-state index is 13.0. The van der Waals surface area contributed by atoms with Gasteiger partial charge in [0.1, 0.15) is 30.1 Å². The number of hydrogen-bond donors (Lipinski definition) is 2. The smallest absolute Gasteiger partial charge is 0.410 e. The minimum atomic E-state index is -0.668. The Morgan fingerprint density at radius 2 is 1.55 bits per heavy atom. The summed E-state index contributed by atoms with van der Waals surface area (Å²) in [6, 6.07) is 17.2. The van der Waals surface area contributed by atoms with Crippen molar-refractivity contribution >= 4 is 18.1 Å². The summed E-state index contributed by atoms with van der Waals surface area (Å²) in [7, 11) is 0. The number of nitrogens with zero attached hydrogens (tertiary/aromatic N) is 1. The van der Waals surface area contributed by atoms with Crippen LogP contribution in [0.2, 0.25) is 0 Å². The van der Waals surface area contributed by atoms with Gasteiger partial charge >= 0.3 is 12.2 Å². The first-order valence-corrected chi connectivity index (χ1v) is 12.8. The molecule has 2 aromatic carbocycles. The molecule has 1 aliphatic rings. The number of hydrogen-bond acceptors (Lipinski definition) is 6. The molecule has 0 spiro atoms. The molecule has 0 bridgehead atoms. The van der Waals surface area contributed by atoms with Crippen molar-refractivity contribution in [1.29, 1.82) is 0 Å². The number of likely N-dealkylation sites (tertiary alicyclic amines) is 1. The number of benzene rings is 2. The Labute approximate surface area is 224 Å². The van der Waals surface area contributed by atoms with Gasteiger partial charge in [0.15, 0.2) is 0 Å². The Balaban J connectivity index is 1.62. The third-order valence-electron chi connectivity index (χ3n) is 5.58. The SMILES string of the molecule is CC(C)(C)OC(=O)NCC(=O)N[C@@H]1C[C@@H](COc2cccc(-c3ccccc3)c2)N(C(=O)OC(C)(C)C)C1. The lowest BCUT2D eigenvalue weighted by atomic mass is 10.1. The zero-order chi connectivity index (χ0) is 27.9. The molecule has 1 heterocycles. The lowest BCUT2D eigenvalue weighted by Crippen LogP contribution is -2.45. The molecule has 1 fully saturated rings. The lowest BCUT2D eigenvalue weighted by Gasteiger charge is -2.28. The zero-order valence-electron chi connectivity index (χ0n) is 23.1. The summed E-state index contributed by atoms with van der Waals surface area (Å²) < 4.78 is 16.9. The van der Waals surface area contributed by atoms with Crippen molar-refractivity contribution in [3.63, 3.8) is 0 Å². The molecule has 0 radical (unpaired) electrons. The molecule has 3 rings (SSSR count). The second-order valence-corrected chi connectivity index (χ2v) is 11.3. The van der Waals surface area contributed by atoms with Crippen molar-refractivity contribution in [2.24, 2.45) is 0 Å². The van der Waals surface area contributed by atoms with Crippen LogP contribution in [0.5, 0.6) is 5.75 Å². The highest BCUT2D eigenvalue weighted by Crippen LogP contribution is 2.26. The Morgan fingerprint density at radius 3 is 2.21 bits per heavy atom. The first-order chi connectivity index (χ1) is 17.8. The number of carbonyl (C=O) groups excluding carboxylic acids is 3. The second-order valence-electron chi connectivity index (χ2n) is 11.3. The van der Waals surface area contributed by atoms with E-state index in [0.29, 0.717) is 12.2 Å². The Hall–Kier alpha value is -3.75. The number of rotatable bonds is 7. The van der Waals surface area contributed by atoms with Crippen LogP contribution < -0.4 is 15.4 Å². The topological polar surface area (TPSA) is 106 Å². The number of nitrogens with one attached hydrogen (secondary N) is 2. The molecule has 0 saturated carbocycles. The lowest BCUT2D eigenvalue weighted by molar-refractivity contribution is -0.120. The molecule has 0 unspecified atom stereocenters. The summed E-state index contributed by atoms with van der Waals surface area (Å²) in [5.74, 6) is 0.312. The monoisotopic (exact) mass is 525 g/mol. The Bertz CT molecular complexity index is 1110. The third kappa shape index (κ3) is 9.28. The number of amides is 3. The van der Waals surface area contributed by atoms with E-state index in [2.05, 4.69) is 10.6 Å². The average molecular weight is 526 g/mol. The van der Waals surface area contributed by atoms with E-state index in [9.17, 15) is 14.4 Å². The summed E-state index contributed by atoms with van der Waals surface area (Å²) >= 11 is 0. The standard InChI is InChI=1S/C29H39N3O6/c1-28(2,3)37-26(34)30-17-25(33)31-22-16-23(32(18-22)27(35)38-29(4,5)6)19-36-24-14-10-13-21(15-24)20-11-8-7-9-12-20/h7-15,22-23H,16-19H2,1-6H3,(H,30,34)(H,31,33)/t22-,23+/m1/s1. The van der Waals surface area contributed by atoms with Crippen LogP contribution in [0.15, 0.2) is 54.6 Å². The Morgan fingerprint density at radius 1 is 0.895 bits per heavy atom. The zero-order valence-corrected chi connectivity index (χ0v) is 23.1. The Kier molecular flexibility index (Phi) is 9.25. The van der Waals surface area contributed by atoms with Gasteiger partial charge in [-0.15, -0.1) is 0 Å². The number of alkyl carbamates (subject to hydrolysis) is 1. The second kappa shape index (κ2) is 12.2. The van der Waals surface area contributed by atoms with E-state index in [4.69, 9.17) is 14.2 Å². The van der Waals surface area contributed by atoms with Crippen molar-refractivity contribution < 1.29 is 28.6 Å². The normalized spacial score (nSPS) is 17.5. The highest BCUT2D eigenvalue weighted by molar-refractivity contribution is 5.82. The molecule has 1 aliphatic heterocycles. The fourth-order valence-corrected chi connectivity index (χ4v) is 4.06. The van der Waals surface area contributed by atoms with E-state index in [1.807, 2.05) is 75.4 Å². The van der Waals surface area contributed by atoms with Gasteiger partial charge in [0.05, 0.1) is 6.04 Å². The molecule has 9 nitrogen and oxygen atoms in total. The first kappa shape index (κ1) is 28.8. The molecule has 0 aromatic heterocycles. The molecule has 206 valence electrons. The summed E-state index contributed by atoms with van der Waals surface area (Å²) in [4.78, 5) is 38.9. The van der Waals surface area contributed by atoms with Crippen LogP contribution in [0.4, 0.5) is 9.59 Å². The van der Waals surface area contributed by atoms with Gasteiger partial charge in [-0.1, -0.05) is 42.5 Å². The largest absolute Gasteiger partial charge is 0.491 e. The van der Waals surface area contributed by atoms with Crippen molar-refractivity contribution in [2.75, 3.05) is 19.7 Å². The molecular formula is C29H39N3O6. The molecule has 3 amide bonds. The molecule has 2 N–H and O–H groups in total. The van der Waals surface area contributed by atoms with Crippen molar-refractivity contribution in [3.8, 4) is 16.9 Å². The first-order valence-electron chi connectivity index (χ1n) is 12.8. The van der Waals surface area contributed by atoms with Crippen LogP contribution in [0.25, 0.3) is 11.1 Å². The van der Waals surface area contributed by atoms with Crippen LogP contribution in [0, 0.1) is 0 Å². The fraction of sp³-hybridized carbons (Fsp3) is 0.483. The summed E-state index contributed by atoms with van der Waals surface area (Å²) in [5, 5.41) is 5.34. The average Bonchev–Trinajstić information content (AvgIpc) is 3.23. The van der Waals surface area contributed by atoms with E-state index in [1.165, 1.54) is 0 Å². The molecule has 9 heteroatoms. The van der Waals surface area contributed by atoms with Crippen LogP contribution in [-0.2, 0) is 14.3 Å². The van der Waals surface area contributed by atoms with Crippen LogP contribution in [0.1, 0.15) is 48.0 Å². The van der Waals surface area contributed by atoms with Crippen molar-refractivity contribution in [3.05, 3.63) is 54.6 Å².